The molecule has 0 aromatic carbocycles. The third-order valence-electron chi connectivity index (χ3n) is 2.81. The average Bonchev–Trinajstić information content (AvgIpc) is 2.20. The molecule has 1 aliphatic carbocycles. The number of aliphatic hydroxyl groups excluding tert-OH is 5. The number of aliphatic hydroxyl groups is 6. The summed E-state index contributed by atoms with van der Waals surface area (Å²) in [7, 11) is 0. The zero-order valence-electron chi connectivity index (χ0n) is 7.98. The molecule has 7 heteroatoms. The van der Waals surface area contributed by atoms with E-state index in [4.69, 9.17) is 5.11 Å². The van der Waals surface area contributed by atoms with Crippen LogP contribution in [0.3, 0.4) is 0 Å². The van der Waals surface area contributed by atoms with Gasteiger partial charge in [-0.05, 0) is 6.92 Å². The molecule has 0 aliphatic heterocycles. The first kappa shape index (κ1) is 12.5. The molecule has 6 atom stereocenters. The predicted octanol–water partition coefficient (Wildman–Crippen LogP) is -3.88. The van der Waals surface area contributed by atoms with Crippen LogP contribution in [0.4, 0.5) is 0 Å². The average molecular weight is 222 g/mol. The molecule has 0 spiro atoms. The van der Waals surface area contributed by atoms with Crippen LogP contribution in [-0.2, 0) is 4.79 Å². The highest BCUT2D eigenvalue weighted by Gasteiger charge is 2.60. The molecule has 1 aliphatic rings. The molecule has 1 fully saturated rings. The van der Waals surface area contributed by atoms with E-state index in [1.807, 2.05) is 0 Å². The zero-order chi connectivity index (χ0) is 12.0. The number of hydrogen-bond acceptors (Lipinski definition) is 7. The van der Waals surface area contributed by atoms with Gasteiger partial charge in [-0.15, -0.1) is 0 Å². The predicted molar refractivity (Wildman–Crippen MR) is 45.7 cm³/mol. The molecule has 15 heavy (non-hydrogen) atoms. The van der Waals surface area contributed by atoms with Gasteiger partial charge < -0.3 is 30.6 Å². The van der Waals surface area contributed by atoms with Gasteiger partial charge in [-0.3, -0.25) is 4.79 Å². The molecule has 88 valence electrons. The lowest BCUT2D eigenvalue weighted by Gasteiger charge is -2.46. The Hall–Kier alpha value is -0.570. The lowest BCUT2D eigenvalue weighted by atomic mass is 9.73. The van der Waals surface area contributed by atoms with Crippen molar-refractivity contribution in [3.63, 3.8) is 0 Å². The van der Waals surface area contributed by atoms with E-state index in [2.05, 4.69) is 0 Å². The second-order valence-corrected chi connectivity index (χ2v) is 3.74. The SMILES string of the molecule is CC(=O)[C@]1(O)[C@H](O)[C@@H](O)[C@H](O)[C@@H](O)[C@@H]1O. The van der Waals surface area contributed by atoms with Gasteiger partial charge in [0.15, 0.2) is 11.4 Å². The molecule has 1 rings (SSSR count). The summed E-state index contributed by atoms with van der Waals surface area (Å²) in [5.41, 5.74) is -2.67. The van der Waals surface area contributed by atoms with Gasteiger partial charge in [-0.2, -0.15) is 0 Å². The van der Waals surface area contributed by atoms with Gasteiger partial charge in [0.05, 0.1) is 0 Å². The number of carbonyl (C=O) groups is 1. The smallest absolute Gasteiger partial charge is 0.179 e. The fraction of sp³-hybridized carbons (Fsp3) is 0.875. The van der Waals surface area contributed by atoms with Gasteiger partial charge in [-0.1, -0.05) is 0 Å². The monoisotopic (exact) mass is 222 g/mol. The van der Waals surface area contributed by atoms with Crippen molar-refractivity contribution < 1.29 is 35.4 Å². The molecule has 1 saturated carbocycles. The van der Waals surface area contributed by atoms with E-state index in [0.29, 0.717) is 0 Å². The maximum atomic E-state index is 11.1. The van der Waals surface area contributed by atoms with Crippen molar-refractivity contribution in [2.75, 3.05) is 0 Å². The summed E-state index contributed by atoms with van der Waals surface area (Å²) in [4.78, 5) is 11.1. The molecule has 0 aromatic heterocycles. The summed E-state index contributed by atoms with van der Waals surface area (Å²) >= 11 is 0. The minimum Gasteiger partial charge on any atom is -0.387 e. The first-order valence-corrected chi connectivity index (χ1v) is 4.38. The Labute approximate surface area is 85.2 Å². The maximum Gasteiger partial charge on any atom is 0.179 e. The third kappa shape index (κ3) is 1.57. The van der Waals surface area contributed by atoms with Crippen LogP contribution >= 0.6 is 0 Å². The number of ketones is 1. The van der Waals surface area contributed by atoms with Crippen molar-refractivity contribution in [3.05, 3.63) is 0 Å². The molecule has 0 saturated heterocycles. The molecular formula is C8H14O7. The highest BCUT2D eigenvalue weighted by atomic mass is 16.4. The van der Waals surface area contributed by atoms with E-state index in [1.165, 1.54) is 0 Å². The Morgan fingerprint density at radius 2 is 1.27 bits per heavy atom. The van der Waals surface area contributed by atoms with E-state index < -0.39 is 41.9 Å². The lowest BCUT2D eigenvalue weighted by Crippen LogP contribution is -2.73. The molecule has 7 nitrogen and oxygen atoms in total. The van der Waals surface area contributed by atoms with Gasteiger partial charge in [0.2, 0.25) is 0 Å². The fourth-order valence-corrected chi connectivity index (χ4v) is 1.69. The van der Waals surface area contributed by atoms with Crippen molar-refractivity contribution in [2.45, 2.75) is 43.0 Å². The quantitative estimate of drug-likeness (QED) is 0.267. The number of carbonyl (C=O) groups excluding carboxylic acids is 1. The fourth-order valence-electron chi connectivity index (χ4n) is 1.69. The first-order valence-electron chi connectivity index (χ1n) is 4.38. The van der Waals surface area contributed by atoms with Crippen molar-refractivity contribution in [3.8, 4) is 0 Å². The standard InChI is InChI=1S/C8H14O7/c1-2(9)8(15)6(13)4(11)3(10)5(12)7(8)14/h3-7,10-15H,1H3/t3-,4-,5+,6+,7-,8-. The second kappa shape index (κ2) is 3.78. The van der Waals surface area contributed by atoms with Crippen molar-refractivity contribution in [1.29, 1.82) is 0 Å². The Bertz CT molecular complexity index is 250. The summed E-state index contributed by atoms with van der Waals surface area (Å²) in [5, 5.41) is 56.0. The van der Waals surface area contributed by atoms with Crippen LogP contribution in [0.1, 0.15) is 6.92 Å². The lowest BCUT2D eigenvalue weighted by molar-refractivity contribution is -0.258. The summed E-state index contributed by atoms with van der Waals surface area (Å²) < 4.78 is 0. The van der Waals surface area contributed by atoms with Crippen LogP contribution in [0, 0.1) is 0 Å². The zero-order valence-corrected chi connectivity index (χ0v) is 7.98. The van der Waals surface area contributed by atoms with Crippen LogP contribution in [0.5, 0.6) is 0 Å². The van der Waals surface area contributed by atoms with Gasteiger partial charge >= 0.3 is 0 Å². The molecule has 0 heterocycles. The van der Waals surface area contributed by atoms with Crippen LogP contribution in [0.25, 0.3) is 0 Å². The van der Waals surface area contributed by atoms with Gasteiger partial charge in [0.25, 0.3) is 0 Å². The summed E-state index contributed by atoms with van der Waals surface area (Å²) in [6.45, 7) is 0.892. The van der Waals surface area contributed by atoms with Crippen LogP contribution in [0.15, 0.2) is 0 Å². The Morgan fingerprint density at radius 1 is 0.933 bits per heavy atom. The van der Waals surface area contributed by atoms with Crippen LogP contribution in [-0.4, -0.2) is 72.5 Å². The van der Waals surface area contributed by atoms with E-state index >= 15 is 0 Å². The molecule has 0 bridgehead atoms. The van der Waals surface area contributed by atoms with E-state index in [1.54, 1.807) is 0 Å². The molecule has 0 radical (unpaired) electrons. The highest BCUT2D eigenvalue weighted by Crippen LogP contribution is 2.30. The van der Waals surface area contributed by atoms with E-state index in [9.17, 15) is 30.3 Å². The third-order valence-corrected chi connectivity index (χ3v) is 2.81. The van der Waals surface area contributed by atoms with Crippen molar-refractivity contribution in [2.24, 2.45) is 0 Å². The molecule has 0 unspecified atom stereocenters. The highest BCUT2D eigenvalue weighted by molar-refractivity contribution is 5.86. The largest absolute Gasteiger partial charge is 0.387 e. The van der Waals surface area contributed by atoms with Crippen molar-refractivity contribution >= 4 is 5.78 Å². The van der Waals surface area contributed by atoms with Crippen LogP contribution < -0.4 is 0 Å². The number of hydrogen-bond donors (Lipinski definition) is 6. The minimum atomic E-state index is -2.67. The maximum absolute atomic E-state index is 11.1. The van der Waals surface area contributed by atoms with E-state index in [0.717, 1.165) is 6.92 Å². The number of rotatable bonds is 1. The Balaban J connectivity index is 3.12. The van der Waals surface area contributed by atoms with Crippen LogP contribution in [0.2, 0.25) is 0 Å². The van der Waals surface area contributed by atoms with Gasteiger partial charge in [0, 0.05) is 0 Å². The molecule has 6 N–H and O–H groups in total. The normalized spacial score (nSPS) is 51.5. The molecule has 0 amide bonds. The van der Waals surface area contributed by atoms with Crippen molar-refractivity contribution in [1.82, 2.24) is 0 Å². The topological polar surface area (TPSA) is 138 Å². The molecular weight excluding hydrogens is 208 g/mol. The Morgan fingerprint density at radius 3 is 1.53 bits per heavy atom. The van der Waals surface area contributed by atoms with Gasteiger partial charge in [-0.25, -0.2) is 0 Å². The summed E-state index contributed by atoms with van der Waals surface area (Å²) in [5.74, 6) is -1.01. The second-order valence-electron chi connectivity index (χ2n) is 3.74. The minimum absolute atomic E-state index is 0.892. The van der Waals surface area contributed by atoms with E-state index in [-0.39, 0.29) is 0 Å². The van der Waals surface area contributed by atoms with Gasteiger partial charge in [0.1, 0.15) is 30.5 Å². The first-order chi connectivity index (χ1) is 6.74. The Kier molecular flexibility index (Phi) is 3.15. The summed E-state index contributed by atoms with van der Waals surface area (Å²) in [6, 6.07) is 0. The molecule has 0 aromatic rings. The number of Topliss-reactive ketones (excluding diaryl/α,β-unsaturated/α-hetero) is 1. The summed E-state index contributed by atoms with van der Waals surface area (Å²) in [6.07, 6.45) is -9.74.